The van der Waals surface area contributed by atoms with Crippen molar-refractivity contribution in [1.82, 2.24) is 0 Å². The van der Waals surface area contributed by atoms with E-state index < -0.39 is 0 Å². The molecule has 0 fully saturated rings. The van der Waals surface area contributed by atoms with E-state index in [0.717, 1.165) is 39.2 Å². The third kappa shape index (κ3) is 3.81. The van der Waals surface area contributed by atoms with Gasteiger partial charge in [0.05, 0.1) is 0 Å². The normalized spacial score (nSPS) is 13.3. The van der Waals surface area contributed by atoms with Crippen LogP contribution in [0.2, 0.25) is 0 Å². The molecule has 43 heavy (non-hydrogen) atoms. The summed E-state index contributed by atoms with van der Waals surface area (Å²) in [5.41, 5.74) is 9.24. The number of hydrogen-bond acceptors (Lipinski definition) is 2. The minimum atomic E-state index is -0.283. The van der Waals surface area contributed by atoms with Gasteiger partial charge in [0.25, 0.3) is 0 Å². The highest BCUT2D eigenvalue weighted by Gasteiger charge is 2.38. The summed E-state index contributed by atoms with van der Waals surface area (Å²) >= 11 is 0. The summed E-state index contributed by atoms with van der Waals surface area (Å²) in [5, 5.41) is 19.6. The Kier molecular flexibility index (Phi) is 5.54. The molecule has 0 atom stereocenters. The third-order valence-electron chi connectivity index (χ3n) is 9.20. The fourth-order valence-electron chi connectivity index (χ4n) is 7.19. The molecule has 0 radical (unpaired) electrons. The Bertz CT molecular complexity index is 2230. The number of nitrogens with one attached hydrogen (secondary N) is 2. The SMILES string of the molecule is CC1(C)c2ccc(-c3ccc(F)cc3)cc2-c2ccc(Nc3ccc4c5ccccc5c5ccccc5c4c3)c(C=N)c21. The smallest absolute Gasteiger partial charge is 0.123 e. The molecule has 1 aliphatic rings. The van der Waals surface area contributed by atoms with Crippen LogP contribution in [0.3, 0.4) is 0 Å². The van der Waals surface area contributed by atoms with Gasteiger partial charge < -0.3 is 10.7 Å². The van der Waals surface area contributed by atoms with Crippen LogP contribution >= 0.6 is 0 Å². The second-order valence-electron chi connectivity index (χ2n) is 12.0. The van der Waals surface area contributed by atoms with E-state index in [1.807, 2.05) is 12.1 Å². The van der Waals surface area contributed by atoms with Gasteiger partial charge in [-0.05, 0) is 102 Å². The number of anilines is 2. The molecule has 206 valence electrons. The minimum absolute atomic E-state index is 0.236. The largest absolute Gasteiger partial charge is 0.355 e. The van der Waals surface area contributed by atoms with Crippen LogP contribution in [-0.2, 0) is 5.41 Å². The first-order valence-electron chi connectivity index (χ1n) is 14.6. The summed E-state index contributed by atoms with van der Waals surface area (Å²) in [4.78, 5) is 0. The molecule has 0 unspecified atom stereocenters. The Labute approximate surface area is 250 Å². The predicted octanol–water partition coefficient (Wildman–Crippen LogP) is 11.0. The molecule has 0 aliphatic heterocycles. The van der Waals surface area contributed by atoms with Crippen LogP contribution in [0, 0.1) is 11.2 Å². The summed E-state index contributed by atoms with van der Waals surface area (Å²) in [5.74, 6) is -0.236. The minimum Gasteiger partial charge on any atom is -0.355 e. The summed E-state index contributed by atoms with van der Waals surface area (Å²) in [6, 6.07) is 41.2. The number of rotatable bonds is 4. The van der Waals surface area contributed by atoms with Crippen LogP contribution < -0.4 is 5.32 Å². The van der Waals surface area contributed by atoms with Crippen molar-refractivity contribution in [2.75, 3.05) is 5.32 Å². The van der Waals surface area contributed by atoms with E-state index in [0.29, 0.717) is 0 Å². The van der Waals surface area contributed by atoms with Gasteiger partial charge in [-0.3, -0.25) is 0 Å². The zero-order valence-electron chi connectivity index (χ0n) is 24.0. The fourth-order valence-corrected chi connectivity index (χ4v) is 7.19. The summed E-state index contributed by atoms with van der Waals surface area (Å²) in [6.07, 6.45) is 1.49. The van der Waals surface area contributed by atoms with E-state index >= 15 is 0 Å². The van der Waals surface area contributed by atoms with Crippen LogP contribution in [0.1, 0.15) is 30.5 Å². The molecule has 0 heterocycles. The first-order valence-corrected chi connectivity index (χ1v) is 14.6. The van der Waals surface area contributed by atoms with Gasteiger partial charge in [0, 0.05) is 28.6 Å². The molecule has 1 aliphatic carbocycles. The van der Waals surface area contributed by atoms with E-state index in [1.54, 1.807) is 0 Å². The zero-order chi connectivity index (χ0) is 29.3. The van der Waals surface area contributed by atoms with Gasteiger partial charge >= 0.3 is 0 Å². The molecular formula is C40H29FN2. The van der Waals surface area contributed by atoms with E-state index in [9.17, 15) is 4.39 Å². The average Bonchev–Trinajstić information content (AvgIpc) is 3.27. The topological polar surface area (TPSA) is 35.9 Å². The molecule has 3 heteroatoms. The van der Waals surface area contributed by atoms with Gasteiger partial charge in [-0.15, -0.1) is 0 Å². The van der Waals surface area contributed by atoms with Crippen molar-refractivity contribution in [1.29, 1.82) is 5.41 Å². The molecule has 0 bridgehead atoms. The molecule has 7 aromatic rings. The number of benzene rings is 7. The van der Waals surface area contributed by atoms with Crippen LogP contribution in [0.25, 0.3) is 54.6 Å². The van der Waals surface area contributed by atoms with Crippen molar-refractivity contribution < 1.29 is 4.39 Å². The Morgan fingerprint density at radius 2 is 1.21 bits per heavy atom. The summed E-state index contributed by atoms with van der Waals surface area (Å²) in [6.45, 7) is 4.47. The van der Waals surface area contributed by atoms with E-state index in [2.05, 4.69) is 116 Å². The molecular weight excluding hydrogens is 527 g/mol. The van der Waals surface area contributed by atoms with Gasteiger partial charge in [-0.25, -0.2) is 4.39 Å². The second-order valence-corrected chi connectivity index (χ2v) is 12.0. The zero-order valence-corrected chi connectivity index (χ0v) is 24.0. The molecule has 2 N–H and O–H groups in total. The summed E-state index contributed by atoms with van der Waals surface area (Å²) < 4.78 is 13.6. The highest BCUT2D eigenvalue weighted by molar-refractivity contribution is 6.25. The number of fused-ring (bicyclic) bond motifs is 9. The van der Waals surface area contributed by atoms with Crippen molar-refractivity contribution in [2.24, 2.45) is 0 Å². The molecule has 0 spiro atoms. The third-order valence-corrected chi connectivity index (χ3v) is 9.20. The second kappa shape index (κ2) is 9.37. The van der Waals surface area contributed by atoms with E-state index in [-0.39, 0.29) is 11.2 Å². The highest BCUT2D eigenvalue weighted by atomic mass is 19.1. The summed E-state index contributed by atoms with van der Waals surface area (Å²) in [7, 11) is 0. The lowest BCUT2D eigenvalue weighted by Gasteiger charge is -2.25. The molecule has 8 rings (SSSR count). The van der Waals surface area contributed by atoms with Crippen LogP contribution in [0.5, 0.6) is 0 Å². The van der Waals surface area contributed by atoms with Gasteiger partial charge in [-0.2, -0.15) is 0 Å². The van der Waals surface area contributed by atoms with Crippen molar-refractivity contribution in [3.63, 3.8) is 0 Å². The maximum absolute atomic E-state index is 13.6. The Morgan fingerprint density at radius 1 is 0.605 bits per heavy atom. The monoisotopic (exact) mass is 556 g/mol. The predicted molar refractivity (Wildman–Crippen MR) is 180 cm³/mol. The maximum atomic E-state index is 13.6. The van der Waals surface area contributed by atoms with Crippen molar-refractivity contribution in [3.8, 4) is 22.3 Å². The van der Waals surface area contributed by atoms with Crippen LogP contribution in [-0.4, -0.2) is 6.21 Å². The molecule has 2 nitrogen and oxygen atoms in total. The average molecular weight is 557 g/mol. The Hall–Kier alpha value is -5.28. The van der Waals surface area contributed by atoms with E-state index in [4.69, 9.17) is 5.41 Å². The lowest BCUT2D eigenvalue weighted by molar-refractivity contribution is 0.628. The first kappa shape index (κ1) is 25.4. The van der Waals surface area contributed by atoms with Crippen LogP contribution in [0.4, 0.5) is 15.8 Å². The number of halogens is 1. The molecule has 7 aromatic carbocycles. The van der Waals surface area contributed by atoms with Gasteiger partial charge in [-0.1, -0.05) is 98.8 Å². The van der Waals surface area contributed by atoms with Gasteiger partial charge in [0.1, 0.15) is 5.82 Å². The van der Waals surface area contributed by atoms with Crippen LogP contribution in [0.15, 0.2) is 121 Å². The quantitative estimate of drug-likeness (QED) is 0.164. The number of hydrogen-bond donors (Lipinski definition) is 2. The molecule has 0 saturated carbocycles. The lowest BCUT2D eigenvalue weighted by Crippen LogP contribution is -2.18. The molecule has 0 aromatic heterocycles. The van der Waals surface area contributed by atoms with Gasteiger partial charge in [0.2, 0.25) is 0 Å². The molecule has 0 saturated heterocycles. The first-order chi connectivity index (χ1) is 20.9. The Balaban J connectivity index is 1.25. The van der Waals surface area contributed by atoms with E-state index in [1.165, 1.54) is 61.8 Å². The molecule has 0 amide bonds. The highest BCUT2D eigenvalue weighted by Crippen LogP contribution is 2.52. The Morgan fingerprint density at radius 3 is 1.86 bits per heavy atom. The maximum Gasteiger partial charge on any atom is 0.123 e. The standard InChI is InChI=1S/C40H29FN2/c1-40(2)37-19-13-25(24-11-14-26(41)15-12-24)21-35(37)33-18-20-38(36(23-42)39(33)40)43-27-16-17-32-30-9-4-3-7-28(30)29-8-5-6-10-31(29)34(32)22-27/h3-23,42-43H,1-2H3. The van der Waals surface area contributed by atoms with Crippen molar-refractivity contribution >= 4 is 49.9 Å². The van der Waals surface area contributed by atoms with Gasteiger partial charge in [0.15, 0.2) is 0 Å². The lowest BCUT2D eigenvalue weighted by atomic mass is 9.79. The van der Waals surface area contributed by atoms with Crippen molar-refractivity contribution in [2.45, 2.75) is 19.3 Å². The van der Waals surface area contributed by atoms with Crippen molar-refractivity contribution in [3.05, 3.63) is 144 Å². The fraction of sp³-hybridized carbons (Fsp3) is 0.0750.